The number of nitrogens with one attached hydrogen (secondary N) is 1. The molecule has 1 aromatic carbocycles. The lowest BCUT2D eigenvalue weighted by Gasteiger charge is -2.41. The lowest BCUT2D eigenvalue weighted by molar-refractivity contribution is -0.138. The fourth-order valence-corrected chi connectivity index (χ4v) is 8.66. The van der Waals surface area contributed by atoms with Gasteiger partial charge in [0, 0.05) is 70.4 Å². The van der Waals surface area contributed by atoms with Gasteiger partial charge < -0.3 is 10.2 Å². The third kappa shape index (κ3) is 3.50. The number of benzene rings is 1. The second-order valence-electron chi connectivity index (χ2n) is 11.7. The van der Waals surface area contributed by atoms with Gasteiger partial charge in [-0.05, 0) is 73.8 Å². The molecule has 0 radical (unpaired) electrons. The van der Waals surface area contributed by atoms with Crippen molar-refractivity contribution in [2.45, 2.75) is 69.0 Å². The lowest BCUT2D eigenvalue weighted by atomic mass is 9.75. The van der Waals surface area contributed by atoms with Gasteiger partial charge in [-0.1, -0.05) is 11.6 Å². The maximum Gasteiger partial charge on any atom is 0.230 e. The normalized spacial score (nSPS) is 27.6. The molecular formula is C29H29ClN4O2S. The van der Waals surface area contributed by atoms with Crippen LogP contribution in [0.15, 0.2) is 30.5 Å². The summed E-state index contributed by atoms with van der Waals surface area (Å²) in [7, 11) is 0. The van der Waals surface area contributed by atoms with Crippen molar-refractivity contribution in [3.8, 4) is 11.1 Å². The van der Waals surface area contributed by atoms with Crippen molar-refractivity contribution < 1.29 is 9.59 Å². The van der Waals surface area contributed by atoms with Crippen LogP contribution in [0.25, 0.3) is 21.3 Å². The molecule has 2 saturated carbocycles. The highest BCUT2D eigenvalue weighted by Crippen LogP contribution is 2.59. The number of imide groups is 1. The monoisotopic (exact) mass is 532 g/mol. The molecule has 1 unspecified atom stereocenters. The Morgan fingerprint density at radius 2 is 1.97 bits per heavy atom. The molecule has 5 heterocycles. The van der Waals surface area contributed by atoms with E-state index in [1.807, 2.05) is 12.3 Å². The summed E-state index contributed by atoms with van der Waals surface area (Å²) in [5, 5.41) is 4.67. The van der Waals surface area contributed by atoms with Crippen molar-refractivity contribution in [1.82, 2.24) is 15.2 Å². The van der Waals surface area contributed by atoms with E-state index < -0.39 is 0 Å². The van der Waals surface area contributed by atoms with Crippen LogP contribution in [-0.4, -0.2) is 46.4 Å². The summed E-state index contributed by atoms with van der Waals surface area (Å²) in [5.41, 5.74) is 6.37. The van der Waals surface area contributed by atoms with Crippen molar-refractivity contribution in [3.63, 3.8) is 0 Å². The predicted octanol–water partition coefficient (Wildman–Crippen LogP) is 5.47. The summed E-state index contributed by atoms with van der Waals surface area (Å²) >= 11 is 8.42. The van der Waals surface area contributed by atoms with Gasteiger partial charge in [0.15, 0.2) is 0 Å². The predicted molar refractivity (Wildman–Crippen MR) is 146 cm³/mol. The summed E-state index contributed by atoms with van der Waals surface area (Å²) in [6.45, 7) is 2.50. The van der Waals surface area contributed by atoms with Crippen molar-refractivity contribution in [3.05, 3.63) is 45.9 Å². The van der Waals surface area contributed by atoms with E-state index in [1.165, 1.54) is 53.8 Å². The average Bonchev–Trinajstić information content (AvgIpc) is 3.18. The number of amides is 2. The van der Waals surface area contributed by atoms with Crippen LogP contribution >= 0.6 is 22.9 Å². The van der Waals surface area contributed by atoms with Gasteiger partial charge in [-0.25, -0.2) is 0 Å². The number of anilines is 1. The standard InChI is InChI=1S/C29H29ClN4O2S/c30-17-9-22(20-4-7-31-24-11-19(37-28(20)24)15-34-25(35)2-3-26(34)36)27-23(10-17)21-8-16(21)14-33(27)18-12-29(32-13-18)5-1-6-29/h4,7,9-11,16,18,21,32H,1-3,5-6,8,12-15H2/t16-,18?,21-/m1/s1. The molecule has 2 aromatic heterocycles. The molecule has 0 bridgehead atoms. The van der Waals surface area contributed by atoms with Crippen molar-refractivity contribution >= 4 is 50.7 Å². The number of halogens is 1. The SMILES string of the molecule is O=C1CCC(=O)N1Cc1cc2nccc(-c3cc(Cl)cc4c3N(C3CNC5(CCC5)C3)C[C@H]3C[C@@H]43)c2s1. The molecule has 8 rings (SSSR count). The number of fused-ring (bicyclic) bond motifs is 4. The Balaban J connectivity index is 1.23. The molecule has 3 aliphatic heterocycles. The highest BCUT2D eigenvalue weighted by molar-refractivity contribution is 7.19. The number of hydrogen-bond acceptors (Lipinski definition) is 6. The lowest BCUT2D eigenvalue weighted by Crippen LogP contribution is -2.46. The third-order valence-corrected chi connectivity index (χ3v) is 10.8. The van der Waals surface area contributed by atoms with Crippen LogP contribution in [0.5, 0.6) is 0 Å². The van der Waals surface area contributed by atoms with E-state index in [2.05, 4.69) is 33.4 Å². The van der Waals surface area contributed by atoms with Gasteiger partial charge in [-0.15, -0.1) is 11.3 Å². The molecule has 3 aromatic rings. The number of thiophene rings is 1. The molecule has 6 nitrogen and oxygen atoms in total. The zero-order valence-electron chi connectivity index (χ0n) is 20.6. The van der Waals surface area contributed by atoms with Gasteiger partial charge >= 0.3 is 0 Å². The second-order valence-corrected chi connectivity index (χ2v) is 13.3. The molecule has 2 aliphatic carbocycles. The highest BCUT2D eigenvalue weighted by atomic mass is 35.5. The number of nitrogens with zero attached hydrogens (tertiary/aromatic N) is 3. The van der Waals surface area contributed by atoms with E-state index in [0.29, 0.717) is 36.9 Å². The van der Waals surface area contributed by atoms with Gasteiger partial charge in [-0.3, -0.25) is 19.5 Å². The van der Waals surface area contributed by atoms with Gasteiger partial charge in [0.05, 0.1) is 16.8 Å². The molecule has 2 amide bonds. The van der Waals surface area contributed by atoms with Crippen molar-refractivity contribution in [2.75, 3.05) is 18.0 Å². The molecule has 3 atom stereocenters. The Hall–Kier alpha value is -2.48. The Bertz CT molecular complexity index is 1460. The topological polar surface area (TPSA) is 65.5 Å². The van der Waals surface area contributed by atoms with Crippen molar-refractivity contribution in [2.24, 2.45) is 5.92 Å². The van der Waals surface area contributed by atoms with E-state index in [4.69, 9.17) is 11.6 Å². The van der Waals surface area contributed by atoms with Gasteiger partial charge in [0.1, 0.15) is 0 Å². The van der Waals surface area contributed by atoms with Crippen molar-refractivity contribution in [1.29, 1.82) is 0 Å². The zero-order chi connectivity index (χ0) is 24.9. The molecule has 190 valence electrons. The van der Waals surface area contributed by atoms with E-state index in [9.17, 15) is 9.59 Å². The average molecular weight is 533 g/mol. The van der Waals surface area contributed by atoms with E-state index >= 15 is 0 Å². The van der Waals surface area contributed by atoms with Crippen LogP contribution in [0.2, 0.25) is 5.02 Å². The first kappa shape index (κ1) is 22.5. The van der Waals surface area contributed by atoms with E-state index in [1.54, 1.807) is 11.3 Å². The number of carbonyl (C=O) groups excluding carboxylic acids is 2. The molecule has 5 aliphatic rings. The zero-order valence-corrected chi connectivity index (χ0v) is 22.2. The Labute approximate surface area is 225 Å². The highest BCUT2D eigenvalue weighted by Gasteiger charge is 2.51. The van der Waals surface area contributed by atoms with Crippen LogP contribution in [0.4, 0.5) is 5.69 Å². The molecule has 8 heteroatoms. The second kappa shape index (κ2) is 8.01. The number of pyridine rings is 1. The number of likely N-dealkylation sites (tertiary alicyclic amines) is 1. The minimum Gasteiger partial charge on any atom is -0.366 e. The first-order chi connectivity index (χ1) is 18.0. The third-order valence-electron chi connectivity index (χ3n) is 9.46. The number of carbonyl (C=O) groups is 2. The maximum absolute atomic E-state index is 12.2. The minimum atomic E-state index is -0.0800. The van der Waals surface area contributed by atoms with Crippen LogP contribution in [0.3, 0.4) is 0 Å². The summed E-state index contributed by atoms with van der Waals surface area (Å²) < 4.78 is 1.10. The van der Waals surface area contributed by atoms with E-state index in [-0.39, 0.29) is 11.8 Å². The molecule has 1 spiro atoms. The first-order valence-electron chi connectivity index (χ1n) is 13.5. The van der Waals surface area contributed by atoms with Gasteiger partial charge in [-0.2, -0.15) is 0 Å². The number of hydrogen-bond donors (Lipinski definition) is 1. The Kier molecular flexibility index (Phi) is 4.87. The Morgan fingerprint density at radius 1 is 1.14 bits per heavy atom. The first-order valence-corrected chi connectivity index (χ1v) is 14.7. The van der Waals surface area contributed by atoms with Gasteiger partial charge in [0.25, 0.3) is 0 Å². The van der Waals surface area contributed by atoms with Crippen LogP contribution in [0.1, 0.15) is 61.3 Å². The Morgan fingerprint density at radius 3 is 2.73 bits per heavy atom. The van der Waals surface area contributed by atoms with Crippen LogP contribution < -0.4 is 10.2 Å². The minimum absolute atomic E-state index is 0.0800. The fourth-order valence-electron chi connectivity index (χ4n) is 7.30. The van der Waals surface area contributed by atoms with Crippen LogP contribution in [-0.2, 0) is 16.1 Å². The maximum atomic E-state index is 12.2. The molecule has 1 N–H and O–H groups in total. The fraction of sp³-hybridized carbons (Fsp3) is 0.483. The summed E-state index contributed by atoms with van der Waals surface area (Å²) in [6, 6.07) is 9.00. The smallest absolute Gasteiger partial charge is 0.230 e. The number of rotatable bonds is 4. The molecule has 4 fully saturated rings. The quantitative estimate of drug-likeness (QED) is 0.451. The van der Waals surface area contributed by atoms with E-state index in [0.717, 1.165) is 44.7 Å². The number of aromatic nitrogens is 1. The molecule has 37 heavy (non-hydrogen) atoms. The molecular weight excluding hydrogens is 504 g/mol. The summed E-state index contributed by atoms with van der Waals surface area (Å²) in [4.78, 5) is 34.2. The summed E-state index contributed by atoms with van der Waals surface area (Å²) in [5.74, 6) is 1.18. The van der Waals surface area contributed by atoms with Gasteiger partial charge in [0.2, 0.25) is 11.8 Å². The van der Waals surface area contributed by atoms with Crippen LogP contribution in [0, 0.1) is 5.92 Å². The largest absolute Gasteiger partial charge is 0.366 e. The summed E-state index contributed by atoms with van der Waals surface area (Å²) in [6.07, 6.45) is 8.92. The molecule has 2 saturated heterocycles.